The Bertz CT molecular complexity index is 124. The normalized spacial score (nSPS) is 10.5. The topological polar surface area (TPSA) is 102 Å². The second kappa shape index (κ2) is 10.1. The van der Waals surface area contributed by atoms with Crippen molar-refractivity contribution in [1.29, 1.82) is 0 Å². The predicted octanol–water partition coefficient (Wildman–Crippen LogP) is -0.723. The quantitative estimate of drug-likeness (QED) is 0.306. The molecule has 0 saturated carbocycles. The van der Waals surface area contributed by atoms with Crippen LogP contribution >= 0.6 is 7.82 Å². The van der Waals surface area contributed by atoms with Crippen LogP contribution in [0.3, 0.4) is 0 Å². The molecule has 0 spiro atoms. The van der Waals surface area contributed by atoms with E-state index in [1.165, 1.54) is 0 Å². The van der Waals surface area contributed by atoms with Crippen molar-refractivity contribution in [3.05, 3.63) is 0 Å². The first-order chi connectivity index (χ1) is 5.91. The summed E-state index contributed by atoms with van der Waals surface area (Å²) >= 11 is 0. The molecule has 0 aliphatic rings. The van der Waals surface area contributed by atoms with E-state index in [-0.39, 0.29) is 0 Å². The van der Waals surface area contributed by atoms with E-state index in [1.54, 1.807) is 0 Å². The maximum atomic E-state index is 8.88. The van der Waals surface area contributed by atoms with E-state index < -0.39 is 7.82 Å². The van der Waals surface area contributed by atoms with Gasteiger partial charge in [-0.15, -0.1) is 0 Å². The van der Waals surface area contributed by atoms with E-state index in [2.05, 4.69) is 24.5 Å². The SMILES string of the molecule is CCNCCNCC.O=P(O)(O)O. The minimum absolute atomic E-state index is 1.07. The van der Waals surface area contributed by atoms with Gasteiger partial charge in [-0.05, 0) is 13.1 Å². The van der Waals surface area contributed by atoms with Crippen LogP contribution in [0.15, 0.2) is 0 Å². The van der Waals surface area contributed by atoms with E-state index in [0.717, 1.165) is 26.2 Å². The molecule has 6 nitrogen and oxygen atoms in total. The van der Waals surface area contributed by atoms with E-state index >= 15 is 0 Å². The van der Waals surface area contributed by atoms with Gasteiger partial charge in [0, 0.05) is 13.1 Å². The summed E-state index contributed by atoms with van der Waals surface area (Å²) in [4.78, 5) is 21.6. The molecular formula is C6H19N2O4P. The maximum absolute atomic E-state index is 8.88. The minimum atomic E-state index is -4.64. The molecule has 0 radical (unpaired) electrons. The van der Waals surface area contributed by atoms with Gasteiger partial charge in [0.05, 0.1) is 0 Å². The Labute approximate surface area is 78.6 Å². The fraction of sp³-hybridized carbons (Fsp3) is 1.00. The molecule has 5 N–H and O–H groups in total. The fourth-order valence-electron chi connectivity index (χ4n) is 0.530. The molecule has 0 amide bonds. The van der Waals surface area contributed by atoms with Gasteiger partial charge in [-0.1, -0.05) is 13.8 Å². The molecule has 13 heavy (non-hydrogen) atoms. The molecule has 0 aromatic carbocycles. The Hall–Kier alpha value is 0.0300. The van der Waals surface area contributed by atoms with Gasteiger partial charge in [-0.2, -0.15) is 0 Å². The Morgan fingerprint density at radius 2 is 1.23 bits per heavy atom. The molecule has 0 unspecified atom stereocenters. The zero-order valence-corrected chi connectivity index (χ0v) is 8.92. The Morgan fingerprint density at radius 1 is 1.00 bits per heavy atom. The van der Waals surface area contributed by atoms with Crippen molar-refractivity contribution in [3.8, 4) is 0 Å². The van der Waals surface area contributed by atoms with Gasteiger partial charge in [-0.3, -0.25) is 0 Å². The highest BCUT2D eigenvalue weighted by molar-refractivity contribution is 7.45. The smallest absolute Gasteiger partial charge is 0.316 e. The lowest BCUT2D eigenvalue weighted by molar-refractivity contribution is 0.275. The largest absolute Gasteiger partial charge is 0.466 e. The average Bonchev–Trinajstić information content (AvgIpc) is 1.95. The first-order valence-corrected chi connectivity index (χ1v) is 5.68. The van der Waals surface area contributed by atoms with E-state index in [0.29, 0.717) is 0 Å². The van der Waals surface area contributed by atoms with Crippen LogP contribution in [0.1, 0.15) is 13.8 Å². The lowest BCUT2D eigenvalue weighted by atomic mass is 10.6. The molecule has 82 valence electrons. The Morgan fingerprint density at radius 3 is 1.38 bits per heavy atom. The molecule has 0 bridgehead atoms. The van der Waals surface area contributed by atoms with Gasteiger partial charge >= 0.3 is 7.82 Å². The highest BCUT2D eigenvalue weighted by Crippen LogP contribution is 2.25. The Kier molecular flexibility index (Phi) is 12.1. The van der Waals surface area contributed by atoms with Crippen LogP contribution in [0.2, 0.25) is 0 Å². The third-order valence-corrected chi connectivity index (χ3v) is 0.979. The Balaban J connectivity index is 0. The first kappa shape index (κ1) is 15.5. The zero-order chi connectivity index (χ0) is 10.7. The van der Waals surface area contributed by atoms with E-state index in [1.807, 2.05) is 0 Å². The van der Waals surface area contributed by atoms with Gasteiger partial charge in [-0.25, -0.2) is 4.57 Å². The molecule has 7 heteroatoms. The van der Waals surface area contributed by atoms with Crippen LogP contribution < -0.4 is 10.6 Å². The van der Waals surface area contributed by atoms with Crippen molar-refractivity contribution < 1.29 is 19.2 Å². The van der Waals surface area contributed by atoms with Gasteiger partial charge in [0.15, 0.2) is 0 Å². The second-order valence-corrected chi connectivity index (χ2v) is 3.25. The second-order valence-electron chi connectivity index (χ2n) is 2.22. The summed E-state index contributed by atoms with van der Waals surface area (Å²) in [7, 11) is -4.64. The molecule has 0 aliphatic heterocycles. The highest BCUT2D eigenvalue weighted by atomic mass is 31.2. The van der Waals surface area contributed by atoms with Crippen LogP contribution in [-0.2, 0) is 4.57 Å². The first-order valence-electron chi connectivity index (χ1n) is 4.11. The summed E-state index contributed by atoms with van der Waals surface area (Å²) in [5.74, 6) is 0. The van der Waals surface area contributed by atoms with Crippen molar-refractivity contribution in [1.82, 2.24) is 10.6 Å². The molecule has 0 atom stereocenters. The molecule has 0 heterocycles. The third kappa shape index (κ3) is 47.8. The number of hydrogen-bond acceptors (Lipinski definition) is 3. The highest BCUT2D eigenvalue weighted by Gasteiger charge is 2.00. The average molecular weight is 214 g/mol. The molecule has 0 saturated heterocycles. The summed E-state index contributed by atoms with van der Waals surface area (Å²) in [5.41, 5.74) is 0. The summed E-state index contributed by atoms with van der Waals surface area (Å²) in [6, 6.07) is 0. The third-order valence-electron chi connectivity index (χ3n) is 0.979. The summed E-state index contributed by atoms with van der Waals surface area (Å²) in [6.45, 7) is 8.56. The summed E-state index contributed by atoms with van der Waals surface area (Å²) in [5, 5.41) is 6.44. The van der Waals surface area contributed by atoms with Crippen LogP contribution in [0.5, 0.6) is 0 Å². The number of likely N-dealkylation sites (N-methyl/N-ethyl adjacent to an activating group) is 2. The number of rotatable bonds is 5. The predicted molar refractivity (Wildman–Crippen MR) is 51.4 cm³/mol. The number of nitrogens with one attached hydrogen (secondary N) is 2. The molecule has 0 rings (SSSR count). The van der Waals surface area contributed by atoms with Crippen molar-refractivity contribution in [2.75, 3.05) is 26.2 Å². The summed E-state index contributed by atoms with van der Waals surface area (Å²) in [6.07, 6.45) is 0. The fourth-order valence-corrected chi connectivity index (χ4v) is 0.530. The van der Waals surface area contributed by atoms with Crippen molar-refractivity contribution in [3.63, 3.8) is 0 Å². The minimum Gasteiger partial charge on any atom is -0.316 e. The lowest BCUT2D eigenvalue weighted by Crippen LogP contribution is -2.26. The molecule has 0 aromatic heterocycles. The van der Waals surface area contributed by atoms with E-state index in [9.17, 15) is 0 Å². The lowest BCUT2D eigenvalue weighted by Gasteiger charge is -1.99. The standard InChI is InChI=1S/C6H16N2.H3O4P/c1-3-7-5-6-8-4-2;1-5(2,3)4/h7-8H,3-6H2,1-2H3;(H3,1,2,3,4). The molecule has 0 aromatic rings. The van der Waals surface area contributed by atoms with Gasteiger partial charge in [0.2, 0.25) is 0 Å². The van der Waals surface area contributed by atoms with Gasteiger partial charge in [0.25, 0.3) is 0 Å². The van der Waals surface area contributed by atoms with Crippen molar-refractivity contribution >= 4 is 7.82 Å². The monoisotopic (exact) mass is 214 g/mol. The summed E-state index contributed by atoms with van der Waals surface area (Å²) < 4.78 is 8.88. The van der Waals surface area contributed by atoms with Crippen LogP contribution in [-0.4, -0.2) is 40.9 Å². The maximum Gasteiger partial charge on any atom is 0.466 e. The zero-order valence-electron chi connectivity index (χ0n) is 8.03. The molecule has 0 fully saturated rings. The number of phosphoric acid groups is 1. The number of hydrogen-bond donors (Lipinski definition) is 5. The van der Waals surface area contributed by atoms with Crippen LogP contribution in [0.25, 0.3) is 0 Å². The van der Waals surface area contributed by atoms with Crippen LogP contribution in [0, 0.1) is 0 Å². The van der Waals surface area contributed by atoms with Gasteiger partial charge < -0.3 is 25.3 Å². The van der Waals surface area contributed by atoms with Crippen molar-refractivity contribution in [2.45, 2.75) is 13.8 Å². The van der Waals surface area contributed by atoms with Crippen LogP contribution in [0.4, 0.5) is 0 Å². The molecular weight excluding hydrogens is 195 g/mol. The van der Waals surface area contributed by atoms with Gasteiger partial charge in [0.1, 0.15) is 0 Å². The van der Waals surface area contributed by atoms with Crippen molar-refractivity contribution in [2.24, 2.45) is 0 Å². The van der Waals surface area contributed by atoms with E-state index in [4.69, 9.17) is 19.2 Å². The molecule has 0 aliphatic carbocycles.